The number of carbonyl (C=O) groups is 1. The molecule has 2 aromatic rings. The molecule has 1 N–H and O–H groups in total. The molecule has 0 radical (unpaired) electrons. The fraction of sp³-hybridized carbons (Fsp3) is 0.294. The standard InChI is InChI=1S/C17H20N2O3/c1-13-4-3-11-19(17(13)21)12-16(20)18-10-9-14-5-7-15(22-2)8-6-14/h3-8,11H,9-10,12H2,1-2H3,(H,18,20). The smallest absolute Gasteiger partial charge is 0.253 e. The maximum atomic E-state index is 11.9. The van der Waals surface area contributed by atoms with Gasteiger partial charge in [-0.25, -0.2) is 0 Å². The summed E-state index contributed by atoms with van der Waals surface area (Å²) in [5.74, 6) is 0.646. The lowest BCUT2D eigenvalue weighted by Gasteiger charge is -2.08. The van der Waals surface area contributed by atoms with Gasteiger partial charge in [0, 0.05) is 18.3 Å². The van der Waals surface area contributed by atoms with E-state index in [0.29, 0.717) is 12.1 Å². The SMILES string of the molecule is COc1ccc(CCNC(=O)Cn2cccc(C)c2=O)cc1. The quantitative estimate of drug-likeness (QED) is 0.880. The molecule has 0 aliphatic rings. The summed E-state index contributed by atoms with van der Waals surface area (Å²) in [6, 6.07) is 11.2. The Labute approximate surface area is 129 Å². The van der Waals surface area contributed by atoms with Gasteiger partial charge in [0.2, 0.25) is 5.91 Å². The van der Waals surface area contributed by atoms with Gasteiger partial charge in [-0.1, -0.05) is 18.2 Å². The Morgan fingerprint density at radius 2 is 1.95 bits per heavy atom. The van der Waals surface area contributed by atoms with E-state index in [4.69, 9.17) is 4.74 Å². The number of nitrogens with zero attached hydrogens (tertiary/aromatic N) is 1. The maximum Gasteiger partial charge on any atom is 0.253 e. The highest BCUT2D eigenvalue weighted by molar-refractivity contribution is 5.75. The molecule has 5 heteroatoms. The van der Waals surface area contributed by atoms with Crippen molar-refractivity contribution >= 4 is 5.91 Å². The van der Waals surface area contributed by atoms with Crippen LogP contribution in [0.15, 0.2) is 47.4 Å². The average molecular weight is 300 g/mol. The first-order valence-electron chi connectivity index (χ1n) is 7.16. The van der Waals surface area contributed by atoms with Crippen LogP contribution in [-0.4, -0.2) is 24.1 Å². The summed E-state index contributed by atoms with van der Waals surface area (Å²) in [5, 5.41) is 2.82. The van der Waals surface area contributed by atoms with E-state index in [1.807, 2.05) is 24.3 Å². The predicted octanol–water partition coefficient (Wildman–Crippen LogP) is 1.52. The third-order valence-electron chi connectivity index (χ3n) is 3.42. The van der Waals surface area contributed by atoms with Crippen LogP contribution in [0.25, 0.3) is 0 Å². The molecule has 116 valence electrons. The largest absolute Gasteiger partial charge is 0.497 e. The summed E-state index contributed by atoms with van der Waals surface area (Å²) in [6.07, 6.45) is 2.36. The van der Waals surface area contributed by atoms with Crippen molar-refractivity contribution in [3.05, 3.63) is 64.1 Å². The molecule has 2 rings (SSSR count). The minimum absolute atomic E-state index is 0.0448. The number of methoxy groups -OCH3 is 1. The Balaban J connectivity index is 1.82. The van der Waals surface area contributed by atoms with Gasteiger partial charge in [0.1, 0.15) is 12.3 Å². The number of benzene rings is 1. The van der Waals surface area contributed by atoms with Crippen molar-refractivity contribution in [3.63, 3.8) is 0 Å². The van der Waals surface area contributed by atoms with E-state index >= 15 is 0 Å². The van der Waals surface area contributed by atoms with Crippen molar-refractivity contribution in [3.8, 4) is 5.75 Å². The molecular formula is C17H20N2O3. The van der Waals surface area contributed by atoms with Crippen LogP contribution < -0.4 is 15.6 Å². The highest BCUT2D eigenvalue weighted by atomic mass is 16.5. The lowest BCUT2D eigenvalue weighted by Crippen LogP contribution is -2.33. The molecule has 0 aliphatic carbocycles. The highest BCUT2D eigenvalue weighted by Gasteiger charge is 2.05. The number of nitrogens with one attached hydrogen (secondary N) is 1. The summed E-state index contributed by atoms with van der Waals surface area (Å²) in [4.78, 5) is 23.7. The van der Waals surface area contributed by atoms with Crippen molar-refractivity contribution in [2.75, 3.05) is 13.7 Å². The van der Waals surface area contributed by atoms with Crippen LogP contribution in [0, 0.1) is 6.92 Å². The molecule has 5 nitrogen and oxygen atoms in total. The van der Waals surface area contributed by atoms with Gasteiger partial charge in [-0.2, -0.15) is 0 Å². The van der Waals surface area contributed by atoms with Crippen LogP contribution in [0.4, 0.5) is 0 Å². The lowest BCUT2D eigenvalue weighted by atomic mass is 10.1. The topological polar surface area (TPSA) is 60.3 Å². The van der Waals surface area contributed by atoms with E-state index in [1.54, 1.807) is 32.4 Å². The number of carbonyl (C=O) groups excluding carboxylic acids is 1. The molecule has 1 aromatic heterocycles. The van der Waals surface area contributed by atoms with E-state index in [-0.39, 0.29) is 18.0 Å². The molecule has 0 fully saturated rings. The molecule has 0 atom stereocenters. The van der Waals surface area contributed by atoms with E-state index in [1.165, 1.54) is 4.57 Å². The van der Waals surface area contributed by atoms with Crippen LogP contribution in [0.3, 0.4) is 0 Å². The zero-order valence-electron chi connectivity index (χ0n) is 12.8. The molecule has 22 heavy (non-hydrogen) atoms. The van der Waals surface area contributed by atoms with Crippen molar-refractivity contribution < 1.29 is 9.53 Å². The number of aromatic nitrogens is 1. The molecule has 1 heterocycles. The zero-order valence-corrected chi connectivity index (χ0v) is 12.8. The van der Waals surface area contributed by atoms with E-state index in [0.717, 1.165) is 17.7 Å². The van der Waals surface area contributed by atoms with Gasteiger partial charge < -0.3 is 14.6 Å². The molecular weight excluding hydrogens is 280 g/mol. The second-order valence-corrected chi connectivity index (χ2v) is 5.07. The van der Waals surface area contributed by atoms with Crippen molar-refractivity contribution in [2.24, 2.45) is 0 Å². The fourth-order valence-corrected chi connectivity index (χ4v) is 2.13. The van der Waals surface area contributed by atoms with Crippen LogP contribution in [-0.2, 0) is 17.8 Å². The van der Waals surface area contributed by atoms with E-state index in [9.17, 15) is 9.59 Å². The van der Waals surface area contributed by atoms with Gasteiger partial charge in [0.25, 0.3) is 5.56 Å². The van der Waals surface area contributed by atoms with E-state index in [2.05, 4.69) is 5.32 Å². The summed E-state index contributed by atoms with van der Waals surface area (Å²) in [6.45, 7) is 2.31. The van der Waals surface area contributed by atoms with Crippen LogP contribution in [0.5, 0.6) is 5.75 Å². The van der Waals surface area contributed by atoms with Gasteiger partial charge in [0.05, 0.1) is 7.11 Å². The van der Waals surface area contributed by atoms with Gasteiger partial charge in [0.15, 0.2) is 0 Å². The maximum absolute atomic E-state index is 11.9. The van der Waals surface area contributed by atoms with Gasteiger partial charge in [-0.15, -0.1) is 0 Å². The Bertz CT molecular complexity index is 690. The first-order chi connectivity index (χ1) is 10.6. The molecule has 0 saturated carbocycles. The second kappa shape index (κ2) is 7.45. The Hall–Kier alpha value is -2.56. The Morgan fingerprint density at radius 1 is 1.23 bits per heavy atom. The summed E-state index contributed by atoms with van der Waals surface area (Å²) >= 11 is 0. The molecule has 0 saturated heterocycles. The number of hydrogen-bond acceptors (Lipinski definition) is 3. The normalized spacial score (nSPS) is 10.3. The van der Waals surface area contributed by atoms with Gasteiger partial charge >= 0.3 is 0 Å². The van der Waals surface area contributed by atoms with Crippen molar-refractivity contribution in [2.45, 2.75) is 19.9 Å². The molecule has 0 bridgehead atoms. The average Bonchev–Trinajstić information content (AvgIpc) is 2.52. The third-order valence-corrected chi connectivity index (χ3v) is 3.42. The predicted molar refractivity (Wildman–Crippen MR) is 85.1 cm³/mol. The molecule has 1 amide bonds. The van der Waals surface area contributed by atoms with Crippen LogP contribution in [0.2, 0.25) is 0 Å². The van der Waals surface area contributed by atoms with Crippen LogP contribution >= 0.6 is 0 Å². The first-order valence-corrected chi connectivity index (χ1v) is 7.16. The number of ether oxygens (including phenoxy) is 1. The monoisotopic (exact) mass is 300 g/mol. The zero-order chi connectivity index (χ0) is 15.9. The number of pyridine rings is 1. The summed E-state index contributed by atoms with van der Waals surface area (Å²) in [7, 11) is 1.63. The number of rotatable bonds is 6. The number of aryl methyl sites for hydroxylation is 1. The van der Waals surface area contributed by atoms with E-state index < -0.39 is 0 Å². The number of amides is 1. The second-order valence-electron chi connectivity index (χ2n) is 5.07. The first kappa shape index (κ1) is 15.8. The highest BCUT2D eigenvalue weighted by Crippen LogP contribution is 2.11. The van der Waals surface area contributed by atoms with Crippen molar-refractivity contribution in [1.29, 1.82) is 0 Å². The van der Waals surface area contributed by atoms with Gasteiger partial charge in [-0.3, -0.25) is 9.59 Å². The molecule has 0 unspecified atom stereocenters. The summed E-state index contributed by atoms with van der Waals surface area (Å²) < 4.78 is 6.51. The van der Waals surface area contributed by atoms with Crippen LogP contribution in [0.1, 0.15) is 11.1 Å². The minimum Gasteiger partial charge on any atom is -0.497 e. The molecule has 0 aliphatic heterocycles. The Morgan fingerprint density at radius 3 is 2.64 bits per heavy atom. The minimum atomic E-state index is -0.166. The lowest BCUT2D eigenvalue weighted by molar-refractivity contribution is -0.121. The van der Waals surface area contributed by atoms with Gasteiger partial charge in [-0.05, 0) is 37.1 Å². The molecule has 0 spiro atoms. The summed E-state index contributed by atoms with van der Waals surface area (Å²) in [5.41, 5.74) is 1.62. The Kier molecular flexibility index (Phi) is 5.36. The third kappa shape index (κ3) is 4.22. The van der Waals surface area contributed by atoms with Crippen molar-refractivity contribution in [1.82, 2.24) is 9.88 Å². The fourth-order valence-electron chi connectivity index (χ4n) is 2.13. The molecule has 1 aromatic carbocycles. The number of hydrogen-bond donors (Lipinski definition) is 1.